The van der Waals surface area contributed by atoms with Gasteiger partial charge in [0.25, 0.3) is 5.91 Å². The second kappa shape index (κ2) is 5.55. The van der Waals surface area contributed by atoms with Gasteiger partial charge in [0.1, 0.15) is 0 Å². The fourth-order valence-corrected chi connectivity index (χ4v) is 3.69. The van der Waals surface area contributed by atoms with Crippen LogP contribution in [0.1, 0.15) is 34.0 Å². The number of amides is 2. The lowest BCUT2D eigenvalue weighted by atomic mass is 9.99. The maximum Gasteiger partial charge on any atom is 0.341 e. The minimum absolute atomic E-state index is 0.0704. The fourth-order valence-electron chi connectivity index (χ4n) is 1.75. The Bertz CT molecular complexity index is 595. The van der Waals surface area contributed by atoms with Gasteiger partial charge >= 0.3 is 19.8 Å². The van der Waals surface area contributed by atoms with E-state index in [0.717, 1.165) is 5.56 Å². The number of hydrogen-bond donors (Lipinski definition) is 1. The van der Waals surface area contributed by atoms with E-state index in [1.165, 1.54) is 6.92 Å². The molecular formula is C12H14INO4. The second-order valence-corrected chi connectivity index (χ2v) is 6.37. The molecule has 6 heteroatoms. The lowest BCUT2D eigenvalue weighted by Crippen LogP contribution is -2.29. The van der Waals surface area contributed by atoms with Crippen molar-refractivity contribution in [3.05, 3.63) is 31.9 Å². The van der Waals surface area contributed by atoms with Crippen molar-refractivity contribution < 1.29 is 15.7 Å². The van der Waals surface area contributed by atoms with Crippen molar-refractivity contribution in [2.24, 2.45) is 0 Å². The molecule has 18 heavy (non-hydrogen) atoms. The van der Waals surface area contributed by atoms with E-state index in [4.69, 9.17) is 0 Å². The van der Waals surface area contributed by atoms with Crippen LogP contribution >= 0.6 is 19.8 Å². The molecule has 2 amide bonds. The van der Waals surface area contributed by atoms with E-state index in [9.17, 15) is 15.7 Å². The first-order valence-corrected chi connectivity index (χ1v) is 8.07. The van der Waals surface area contributed by atoms with E-state index < -0.39 is 31.6 Å². The summed E-state index contributed by atoms with van der Waals surface area (Å²) >= 11 is -3.81. The Hall–Kier alpha value is -1.31. The molecule has 1 aromatic carbocycles. The van der Waals surface area contributed by atoms with Gasteiger partial charge in [-0.3, -0.25) is 14.9 Å². The van der Waals surface area contributed by atoms with Crippen molar-refractivity contribution >= 4 is 31.6 Å². The van der Waals surface area contributed by atoms with Gasteiger partial charge in [-0.25, -0.2) is 6.14 Å². The summed E-state index contributed by atoms with van der Waals surface area (Å²) in [5, 5.41) is 2.12. The molecule has 1 aromatic rings. The predicted octanol–water partition coefficient (Wildman–Crippen LogP) is 2.26. The zero-order valence-corrected chi connectivity index (χ0v) is 12.7. The number of nitrogens with one attached hydrogen (secondary N) is 1. The molecule has 0 radical (unpaired) electrons. The first-order valence-electron chi connectivity index (χ1n) is 5.23. The predicted molar refractivity (Wildman–Crippen MR) is 72.9 cm³/mol. The van der Waals surface area contributed by atoms with Crippen molar-refractivity contribution in [2.75, 3.05) is 0 Å². The van der Waals surface area contributed by atoms with Crippen LogP contribution in [0.15, 0.2) is 6.07 Å². The van der Waals surface area contributed by atoms with Crippen molar-refractivity contribution in [1.29, 1.82) is 0 Å². The van der Waals surface area contributed by atoms with Crippen LogP contribution in [0.4, 0.5) is 0 Å². The fraction of sp³-hybridized carbons (Fsp3) is 0.333. The molecule has 0 unspecified atom stereocenters. The SMILES string of the molecule is CC(=O)NC(=O)c1c(C)c(C)cc(C)c1I(=O)=O. The number of carbonyl (C=O) groups is 2. The third-order valence-corrected chi connectivity index (χ3v) is 4.91. The van der Waals surface area contributed by atoms with Crippen molar-refractivity contribution in [3.63, 3.8) is 0 Å². The van der Waals surface area contributed by atoms with Crippen molar-refractivity contribution in [2.45, 2.75) is 27.7 Å². The highest BCUT2D eigenvalue weighted by molar-refractivity contribution is 14.2. The summed E-state index contributed by atoms with van der Waals surface area (Å²) in [7, 11) is 0. The molecule has 0 spiro atoms. The van der Waals surface area contributed by atoms with Gasteiger partial charge in [0, 0.05) is 6.92 Å². The van der Waals surface area contributed by atoms with Gasteiger partial charge in [0.2, 0.25) is 5.91 Å². The Morgan fingerprint density at radius 1 is 1.11 bits per heavy atom. The van der Waals surface area contributed by atoms with Gasteiger partial charge in [-0.1, -0.05) is 6.07 Å². The number of carbonyl (C=O) groups excluding carboxylic acids is 2. The van der Waals surface area contributed by atoms with E-state index in [1.807, 2.05) is 0 Å². The standard InChI is InChI=1S/C12H14INO4/c1-6-5-7(2)11(13(17)18)10(8(6)3)12(16)14-9(4)15/h5H,1-4H3,(H,14,15,16). The molecule has 0 saturated heterocycles. The Labute approximate surface area is 112 Å². The molecule has 1 N–H and O–H groups in total. The van der Waals surface area contributed by atoms with Crippen LogP contribution in [0.5, 0.6) is 0 Å². The third-order valence-electron chi connectivity index (χ3n) is 2.64. The molecule has 0 aliphatic heterocycles. The molecule has 0 atom stereocenters. The Morgan fingerprint density at radius 2 is 1.67 bits per heavy atom. The molecule has 0 fully saturated rings. The van der Waals surface area contributed by atoms with Crippen LogP contribution in [0, 0.1) is 24.3 Å². The first-order chi connectivity index (χ1) is 8.25. The summed E-state index contributed by atoms with van der Waals surface area (Å²) in [6.07, 6.45) is 0. The van der Waals surface area contributed by atoms with Crippen molar-refractivity contribution in [1.82, 2.24) is 5.32 Å². The number of imide groups is 1. The number of halogens is 1. The quantitative estimate of drug-likeness (QED) is 0.818. The molecular weight excluding hydrogens is 349 g/mol. The summed E-state index contributed by atoms with van der Waals surface area (Å²) in [5.41, 5.74) is 2.05. The van der Waals surface area contributed by atoms with Gasteiger partial charge in [0.15, 0.2) is 0 Å². The third kappa shape index (κ3) is 2.92. The molecule has 0 bridgehead atoms. The summed E-state index contributed by atoms with van der Waals surface area (Å²) in [6, 6.07) is 1.73. The molecule has 5 nitrogen and oxygen atoms in total. The van der Waals surface area contributed by atoms with Crippen LogP contribution < -0.4 is 5.32 Å². The molecule has 98 valence electrons. The molecule has 1 rings (SSSR count). The summed E-state index contributed by atoms with van der Waals surface area (Å²) in [5.74, 6) is -1.17. The summed E-state index contributed by atoms with van der Waals surface area (Å²) < 4.78 is 22.8. The number of hydrogen-bond acceptors (Lipinski definition) is 4. The highest BCUT2D eigenvalue weighted by Gasteiger charge is 2.22. The van der Waals surface area contributed by atoms with E-state index in [-0.39, 0.29) is 9.13 Å². The lowest BCUT2D eigenvalue weighted by molar-refractivity contribution is -0.118. The van der Waals surface area contributed by atoms with Crippen LogP contribution in [-0.4, -0.2) is 11.8 Å². The number of rotatable bonds is 2. The van der Waals surface area contributed by atoms with Crippen LogP contribution in [0.2, 0.25) is 0 Å². The lowest BCUT2D eigenvalue weighted by Gasteiger charge is -2.12. The Morgan fingerprint density at radius 3 is 2.11 bits per heavy atom. The number of aryl methyl sites for hydroxylation is 2. The van der Waals surface area contributed by atoms with Gasteiger partial charge in [-0.2, -0.15) is 0 Å². The zero-order chi connectivity index (χ0) is 14.0. The molecule has 0 aliphatic rings. The van der Waals surface area contributed by atoms with E-state index in [1.54, 1.807) is 26.8 Å². The van der Waals surface area contributed by atoms with Crippen LogP contribution in [0.25, 0.3) is 0 Å². The normalized spacial score (nSPS) is 10.5. The molecule has 0 saturated carbocycles. The van der Waals surface area contributed by atoms with Gasteiger partial charge in [-0.05, 0) is 37.5 Å². The van der Waals surface area contributed by atoms with Crippen LogP contribution in [0.3, 0.4) is 0 Å². The minimum Gasteiger partial charge on any atom is -0.293 e. The average molecular weight is 363 g/mol. The van der Waals surface area contributed by atoms with Gasteiger partial charge in [-0.15, -0.1) is 0 Å². The second-order valence-electron chi connectivity index (χ2n) is 4.05. The zero-order valence-electron chi connectivity index (χ0n) is 10.6. The largest absolute Gasteiger partial charge is 0.341 e. The topological polar surface area (TPSA) is 80.3 Å². The van der Waals surface area contributed by atoms with E-state index >= 15 is 0 Å². The van der Waals surface area contributed by atoms with Gasteiger partial charge in [0.05, 0.1) is 9.13 Å². The van der Waals surface area contributed by atoms with Crippen molar-refractivity contribution in [3.8, 4) is 0 Å². The Balaban J connectivity index is 3.58. The highest BCUT2D eigenvalue weighted by atomic mass is 127. The maximum atomic E-state index is 11.9. The Kier molecular flexibility index (Phi) is 4.55. The van der Waals surface area contributed by atoms with Gasteiger partial charge < -0.3 is 0 Å². The monoisotopic (exact) mass is 363 g/mol. The molecule has 0 aliphatic carbocycles. The molecule has 0 aromatic heterocycles. The number of benzene rings is 1. The first kappa shape index (κ1) is 14.7. The summed E-state index contributed by atoms with van der Waals surface area (Å²) in [6.45, 7) is 6.32. The van der Waals surface area contributed by atoms with Crippen LogP contribution in [-0.2, 0) is 10.9 Å². The molecule has 0 heterocycles. The summed E-state index contributed by atoms with van der Waals surface area (Å²) in [4.78, 5) is 22.8. The maximum absolute atomic E-state index is 11.9. The average Bonchev–Trinajstić information content (AvgIpc) is 2.20. The minimum atomic E-state index is -3.81. The van der Waals surface area contributed by atoms with E-state index in [0.29, 0.717) is 11.1 Å². The van der Waals surface area contributed by atoms with E-state index in [2.05, 4.69) is 5.32 Å². The highest BCUT2D eigenvalue weighted by Crippen LogP contribution is 2.29. The smallest absolute Gasteiger partial charge is 0.293 e.